The van der Waals surface area contributed by atoms with Gasteiger partial charge in [-0.2, -0.15) is 0 Å². The van der Waals surface area contributed by atoms with Crippen LogP contribution in [0, 0.1) is 0 Å². The standard InChI is InChI=1S/C17H27N/c1-12(2)14-6-7-15(13(3)4)16(10-14)17(11-18)8-5-9-17/h6-7,10,12-13H,5,8-9,11,18H2,1-4H3. The zero-order valence-corrected chi connectivity index (χ0v) is 12.3. The molecule has 1 heteroatoms. The minimum Gasteiger partial charge on any atom is -0.330 e. The van der Waals surface area contributed by atoms with Crippen molar-refractivity contribution in [1.29, 1.82) is 0 Å². The highest BCUT2D eigenvalue weighted by molar-refractivity contribution is 5.42. The van der Waals surface area contributed by atoms with Crippen LogP contribution in [0.2, 0.25) is 0 Å². The van der Waals surface area contributed by atoms with Crippen LogP contribution in [-0.4, -0.2) is 6.54 Å². The maximum Gasteiger partial charge on any atom is 0.00785 e. The third-order valence-corrected chi connectivity index (χ3v) is 4.64. The molecule has 0 saturated heterocycles. The van der Waals surface area contributed by atoms with Crippen molar-refractivity contribution in [3.8, 4) is 0 Å². The van der Waals surface area contributed by atoms with Gasteiger partial charge in [0, 0.05) is 12.0 Å². The molecule has 1 saturated carbocycles. The molecule has 1 fully saturated rings. The quantitative estimate of drug-likeness (QED) is 0.840. The SMILES string of the molecule is CC(C)c1ccc(C(C)C)c(C2(CN)CCC2)c1. The Kier molecular flexibility index (Phi) is 3.82. The Morgan fingerprint density at radius 2 is 1.78 bits per heavy atom. The summed E-state index contributed by atoms with van der Waals surface area (Å²) >= 11 is 0. The van der Waals surface area contributed by atoms with Crippen molar-refractivity contribution < 1.29 is 0 Å². The maximum atomic E-state index is 6.10. The van der Waals surface area contributed by atoms with Crippen LogP contribution < -0.4 is 5.73 Å². The highest BCUT2D eigenvalue weighted by Crippen LogP contribution is 2.46. The topological polar surface area (TPSA) is 26.0 Å². The van der Waals surface area contributed by atoms with E-state index in [1.807, 2.05) is 0 Å². The normalized spacial score (nSPS) is 18.2. The minimum atomic E-state index is 0.282. The predicted octanol–water partition coefficient (Wildman–Crippen LogP) is 4.31. The highest BCUT2D eigenvalue weighted by Gasteiger charge is 2.39. The summed E-state index contributed by atoms with van der Waals surface area (Å²) in [5.74, 6) is 1.19. The second-order valence-corrected chi connectivity index (χ2v) is 6.49. The van der Waals surface area contributed by atoms with Gasteiger partial charge in [0.05, 0.1) is 0 Å². The molecule has 100 valence electrons. The fourth-order valence-corrected chi connectivity index (χ4v) is 3.08. The summed E-state index contributed by atoms with van der Waals surface area (Å²) in [5.41, 5.74) is 10.9. The summed E-state index contributed by atoms with van der Waals surface area (Å²) in [4.78, 5) is 0. The molecule has 0 heterocycles. The van der Waals surface area contributed by atoms with E-state index in [1.165, 1.54) is 36.0 Å². The van der Waals surface area contributed by atoms with E-state index >= 15 is 0 Å². The smallest absolute Gasteiger partial charge is 0.00785 e. The first-order valence-corrected chi connectivity index (χ1v) is 7.34. The van der Waals surface area contributed by atoms with Gasteiger partial charge in [0.25, 0.3) is 0 Å². The molecular weight excluding hydrogens is 218 g/mol. The fourth-order valence-electron chi connectivity index (χ4n) is 3.08. The molecule has 1 nitrogen and oxygen atoms in total. The Morgan fingerprint density at radius 3 is 2.17 bits per heavy atom. The average molecular weight is 245 g/mol. The first kappa shape index (κ1) is 13.6. The number of hydrogen-bond acceptors (Lipinski definition) is 1. The van der Waals surface area contributed by atoms with Gasteiger partial charge in [-0.15, -0.1) is 0 Å². The van der Waals surface area contributed by atoms with E-state index in [0.717, 1.165) is 6.54 Å². The third-order valence-electron chi connectivity index (χ3n) is 4.64. The van der Waals surface area contributed by atoms with Crippen LogP contribution in [0.1, 0.15) is 75.5 Å². The van der Waals surface area contributed by atoms with Gasteiger partial charge in [-0.25, -0.2) is 0 Å². The van der Waals surface area contributed by atoms with Gasteiger partial charge in [0.2, 0.25) is 0 Å². The van der Waals surface area contributed by atoms with E-state index in [0.29, 0.717) is 11.8 Å². The summed E-state index contributed by atoms with van der Waals surface area (Å²) in [5, 5.41) is 0. The van der Waals surface area contributed by atoms with Crippen LogP contribution in [-0.2, 0) is 5.41 Å². The molecule has 18 heavy (non-hydrogen) atoms. The van der Waals surface area contributed by atoms with Crippen LogP contribution >= 0.6 is 0 Å². The maximum absolute atomic E-state index is 6.10. The zero-order chi connectivity index (χ0) is 13.3. The molecule has 0 amide bonds. The fraction of sp³-hybridized carbons (Fsp3) is 0.647. The lowest BCUT2D eigenvalue weighted by atomic mass is 9.62. The van der Waals surface area contributed by atoms with Gasteiger partial charge in [0.1, 0.15) is 0 Å². The zero-order valence-electron chi connectivity index (χ0n) is 12.3. The van der Waals surface area contributed by atoms with Crippen LogP contribution in [0.5, 0.6) is 0 Å². The number of benzene rings is 1. The van der Waals surface area contributed by atoms with E-state index in [-0.39, 0.29) is 5.41 Å². The average Bonchev–Trinajstić information content (AvgIpc) is 2.27. The van der Waals surface area contributed by atoms with Crippen LogP contribution in [0.15, 0.2) is 18.2 Å². The highest BCUT2D eigenvalue weighted by atomic mass is 14.6. The molecule has 1 aliphatic rings. The summed E-state index contributed by atoms with van der Waals surface area (Å²) in [6, 6.07) is 7.07. The number of rotatable bonds is 4. The number of hydrogen-bond donors (Lipinski definition) is 1. The Bertz CT molecular complexity index is 408. The summed E-state index contributed by atoms with van der Waals surface area (Å²) in [6.07, 6.45) is 3.87. The van der Waals surface area contributed by atoms with E-state index < -0.39 is 0 Å². The molecule has 1 aliphatic carbocycles. The Balaban J connectivity index is 2.50. The molecule has 0 unspecified atom stereocenters. The monoisotopic (exact) mass is 245 g/mol. The van der Waals surface area contributed by atoms with Crippen molar-refractivity contribution in [2.24, 2.45) is 5.73 Å². The Labute approximate surface area is 112 Å². The number of nitrogens with two attached hydrogens (primary N) is 1. The van der Waals surface area contributed by atoms with Crippen molar-refractivity contribution >= 4 is 0 Å². The summed E-state index contributed by atoms with van der Waals surface area (Å²) in [6.45, 7) is 9.91. The van der Waals surface area contributed by atoms with Crippen molar-refractivity contribution in [3.63, 3.8) is 0 Å². The van der Waals surface area contributed by atoms with Crippen LogP contribution in [0.25, 0.3) is 0 Å². The van der Waals surface area contributed by atoms with Crippen LogP contribution in [0.3, 0.4) is 0 Å². The van der Waals surface area contributed by atoms with Gasteiger partial charge < -0.3 is 5.73 Å². The van der Waals surface area contributed by atoms with Crippen LogP contribution in [0.4, 0.5) is 0 Å². The van der Waals surface area contributed by atoms with Crippen molar-refractivity contribution in [2.45, 2.75) is 64.2 Å². The van der Waals surface area contributed by atoms with Crippen molar-refractivity contribution in [3.05, 3.63) is 34.9 Å². The summed E-state index contributed by atoms with van der Waals surface area (Å²) < 4.78 is 0. The second-order valence-electron chi connectivity index (χ2n) is 6.49. The Hall–Kier alpha value is -0.820. The first-order valence-electron chi connectivity index (χ1n) is 7.34. The Morgan fingerprint density at radius 1 is 1.11 bits per heavy atom. The van der Waals surface area contributed by atoms with Gasteiger partial charge in [0.15, 0.2) is 0 Å². The molecule has 1 aromatic carbocycles. The van der Waals surface area contributed by atoms with E-state index in [2.05, 4.69) is 45.9 Å². The van der Waals surface area contributed by atoms with E-state index in [4.69, 9.17) is 5.73 Å². The second kappa shape index (κ2) is 5.05. The molecule has 0 aliphatic heterocycles. The minimum absolute atomic E-state index is 0.282. The van der Waals surface area contributed by atoms with E-state index in [9.17, 15) is 0 Å². The molecular formula is C17H27N. The molecule has 0 radical (unpaired) electrons. The lowest BCUT2D eigenvalue weighted by Crippen LogP contribution is -2.42. The molecule has 2 N–H and O–H groups in total. The van der Waals surface area contributed by atoms with Gasteiger partial charge in [-0.05, 0) is 41.4 Å². The van der Waals surface area contributed by atoms with Gasteiger partial charge in [-0.3, -0.25) is 0 Å². The van der Waals surface area contributed by atoms with Crippen molar-refractivity contribution in [2.75, 3.05) is 6.54 Å². The lowest BCUT2D eigenvalue weighted by molar-refractivity contribution is 0.250. The van der Waals surface area contributed by atoms with Gasteiger partial charge in [-0.1, -0.05) is 52.3 Å². The molecule has 0 spiro atoms. The van der Waals surface area contributed by atoms with Gasteiger partial charge >= 0.3 is 0 Å². The third kappa shape index (κ3) is 2.21. The summed E-state index contributed by atoms with van der Waals surface area (Å²) in [7, 11) is 0. The van der Waals surface area contributed by atoms with E-state index in [1.54, 1.807) is 0 Å². The predicted molar refractivity (Wildman–Crippen MR) is 79.2 cm³/mol. The molecule has 0 aromatic heterocycles. The lowest BCUT2D eigenvalue weighted by Gasteiger charge is -2.43. The molecule has 1 aromatic rings. The molecule has 2 rings (SSSR count). The molecule has 0 bridgehead atoms. The molecule has 0 atom stereocenters. The largest absolute Gasteiger partial charge is 0.330 e. The first-order chi connectivity index (χ1) is 8.50. The van der Waals surface area contributed by atoms with Crippen molar-refractivity contribution in [1.82, 2.24) is 0 Å².